The van der Waals surface area contributed by atoms with Crippen molar-refractivity contribution < 1.29 is 15.0 Å². The number of nitrogens with two attached hydrogens (primary N) is 1. The van der Waals surface area contributed by atoms with Crippen molar-refractivity contribution in [3.05, 3.63) is 0 Å². The molecule has 1 aliphatic carbocycles. The Morgan fingerprint density at radius 3 is 2.50 bits per heavy atom. The number of nitrogens with zero attached hydrogens (tertiary/aromatic N) is 1. The van der Waals surface area contributed by atoms with Crippen LogP contribution in [-0.4, -0.2) is 52.9 Å². The second-order valence-electron chi connectivity index (χ2n) is 4.46. The van der Waals surface area contributed by atoms with Gasteiger partial charge in [-0.1, -0.05) is 19.3 Å². The summed E-state index contributed by atoms with van der Waals surface area (Å²) in [5, 5.41) is 17.8. The average molecular weight is 230 g/mol. The molecular weight excluding hydrogens is 208 g/mol. The van der Waals surface area contributed by atoms with Crippen molar-refractivity contribution in [1.29, 1.82) is 0 Å². The molecule has 5 nitrogen and oxygen atoms in total. The van der Waals surface area contributed by atoms with E-state index in [1.165, 1.54) is 19.3 Å². The third kappa shape index (κ3) is 4.08. The number of rotatable bonds is 6. The van der Waals surface area contributed by atoms with Gasteiger partial charge in [0.2, 0.25) is 0 Å². The largest absolute Gasteiger partial charge is 0.480 e. The molecule has 0 amide bonds. The maximum absolute atomic E-state index is 10.7. The van der Waals surface area contributed by atoms with E-state index in [1.807, 2.05) is 4.90 Å². The number of aliphatic hydroxyl groups is 1. The molecule has 1 fully saturated rings. The van der Waals surface area contributed by atoms with Crippen molar-refractivity contribution in [2.45, 2.75) is 44.2 Å². The van der Waals surface area contributed by atoms with Crippen LogP contribution in [0, 0.1) is 0 Å². The van der Waals surface area contributed by atoms with Gasteiger partial charge >= 0.3 is 5.97 Å². The van der Waals surface area contributed by atoms with Crippen LogP contribution in [0.25, 0.3) is 0 Å². The standard InChI is InChI=1S/C11H22N2O3/c12-10(11(15)16)8-13(6-7-14)9-4-2-1-3-5-9/h9-10,14H,1-8,12H2,(H,15,16). The summed E-state index contributed by atoms with van der Waals surface area (Å²) in [4.78, 5) is 12.7. The number of aliphatic carboxylic acids is 1. The lowest BCUT2D eigenvalue weighted by Gasteiger charge is -2.34. The number of carboxylic acids is 1. The molecule has 1 aliphatic rings. The first-order valence-corrected chi connectivity index (χ1v) is 5.98. The molecule has 1 atom stereocenters. The van der Waals surface area contributed by atoms with Crippen molar-refractivity contribution in [2.75, 3.05) is 19.7 Å². The second-order valence-corrected chi connectivity index (χ2v) is 4.46. The Bertz CT molecular complexity index is 217. The first-order chi connectivity index (χ1) is 7.65. The first-order valence-electron chi connectivity index (χ1n) is 5.98. The molecule has 5 heteroatoms. The molecule has 1 saturated carbocycles. The van der Waals surface area contributed by atoms with E-state index in [2.05, 4.69) is 0 Å². The summed E-state index contributed by atoms with van der Waals surface area (Å²) < 4.78 is 0. The quantitative estimate of drug-likeness (QED) is 0.599. The lowest BCUT2D eigenvalue weighted by molar-refractivity contribution is -0.139. The molecule has 4 N–H and O–H groups in total. The monoisotopic (exact) mass is 230 g/mol. The number of aliphatic hydroxyl groups excluding tert-OH is 1. The first kappa shape index (κ1) is 13.4. The molecule has 1 unspecified atom stereocenters. The predicted octanol–water partition coefficient (Wildman–Crippen LogP) is 0.0253. The van der Waals surface area contributed by atoms with Crippen LogP contribution in [-0.2, 0) is 4.79 Å². The van der Waals surface area contributed by atoms with Gasteiger partial charge in [-0.25, -0.2) is 0 Å². The fraction of sp³-hybridized carbons (Fsp3) is 0.909. The van der Waals surface area contributed by atoms with Crippen LogP contribution >= 0.6 is 0 Å². The number of carboxylic acid groups (broad SMARTS) is 1. The molecule has 0 heterocycles. The molecule has 1 rings (SSSR count). The topological polar surface area (TPSA) is 86.8 Å². The lowest BCUT2D eigenvalue weighted by Crippen LogP contribution is -2.48. The Labute approximate surface area is 96.2 Å². The summed E-state index contributed by atoms with van der Waals surface area (Å²) in [6.45, 7) is 0.912. The average Bonchev–Trinajstić information content (AvgIpc) is 2.29. The van der Waals surface area contributed by atoms with E-state index >= 15 is 0 Å². The zero-order chi connectivity index (χ0) is 12.0. The Hall–Kier alpha value is -0.650. The number of carbonyl (C=O) groups is 1. The molecule has 0 aromatic heterocycles. The molecule has 0 bridgehead atoms. The molecule has 0 aromatic rings. The Morgan fingerprint density at radius 1 is 1.38 bits per heavy atom. The van der Waals surface area contributed by atoms with E-state index in [0.29, 0.717) is 19.1 Å². The minimum atomic E-state index is -0.973. The van der Waals surface area contributed by atoms with Crippen molar-refractivity contribution in [3.8, 4) is 0 Å². The highest BCUT2D eigenvalue weighted by molar-refractivity contribution is 5.73. The smallest absolute Gasteiger partial charge is 0.321 e. The highest BCUT2D eigenvalue weighted by Crippen LogP contribution is 2.22. The van der Waals surface area contributed by atoms with Gasteiger partial charge in [-0.05, 0) is 12.8 Å². The summed E-state index contributed by atoms with van der Waals surface area (Å²) in [5.74, 6) is -0.973. The van der Waals surface area contributed by atoms with Crippen LogP contribution < -0.4 is 5.73 Å². The van der Waals surface area contributed by atoms with E-state index in [4.69, 9.17) is 15.9 Å². The van der Waals surface area contributed by atoms with Crippen LogP contribution in [0.15, 0.2) is 0 Å². The molecule has 0 spiro atoms. The number of hydrogen-bond acceptors (Lipinski definition) is 4. The molecule has 0 aromatic carbocycles. The van der Waals surface area contributed by atoms with Crippen molar-refractivity contribution >= 4 is 5.97 Å². The Balaban J connectivity index is 2.48. The summed E-state index contributed by atoms with van der Waals surface area (Å²) in [7, 11) is 0. The van der Waals surface area contributed by atoms with Crippen molar-refractivity contribution in [1.82, 2.24) is 4.90 Å². The molecule has 94 valence electrons. The van der Waals surface area contributed by atoms with Crippen LogP contribution in [0.5, 0.6) is 0 Å². The van der Waals surface area contributed by atoms with Gasteiger partial charge in [0.15, 0.2) is 0 Å². The number of hydrogen-bond donors (Lipinski definition) is 3. The predicted molar refractivity (Wildman–Crippen MR) is 61.1 cm³/mol. The van der Waals surface area contributed by atoms with E-state index < -0.39 is 12.0 Å². The lowest BCUT2D eigenvalue weighted by atomic mass is 9.94. The van der Waals surface area contributed by atoms with Crippen LogP contribution in [0.3, 0.4) is 0 Å². The zero-order valence-electron chi connectivity index (χ0n) is 9.64. The zero-order valence-corrected chi connectivity index (χ0v) is 9.64. The van der Waals surface area contributed by atoms with Gasteiger partial charge < -0.3 is 15.9 Å². The van der Waals surface area contributed by atoms with Crippen molar-refractivity contribution in [2.24, 2.45) is 5.73 Å². The molecule has 0 radical (unpaired) electrons. The fourth-order valence-corrected chi connectivity index (χ4v) is 2.33. The minimum absolute atomic E-state index is 0.0584. The van der Waals surface area contributed by atoms with Gasteiger partial charge in [0.05, 0.1) is 6.61 Å². The SMILES string of the molecule is NC(CN(CCO)C1CCCCC1)C(=O)O. The van der Waals surface area contributed by atoms with E-state index in [1.54, 1.807) is 0 Å². The van der Waals surface area contributed by atoms with E-state index in [-0.39, 0.29) is 6.61 Å². The van der Waals surface area contributed by atoms with E-state index in [0.717, 1.165) is 12.8 Å². The summed E-state index contributed by atoms with van der Waals surface area (Å²) in [5.41, 5.74) is 5.53. The molecular formula is C11H22N2O3. The van der Waals surface area contributed by atoms with E-state index in [9.17, 15) is 4.79 Å². The van der Waals surface area contributed by atoms with Gasteiger partial charge in [0, 0.05) is 19.1 Å². The maximum Gasteiger partial charge on any atom is 0.321 e. The van der Waals surface area contributed by atoms with Crippen LogP contribution in [0.4, 0.5) is 0 Å². The summed E-state index contributed by atoms with van der Waals surface area (Å²) in [6.07, 6.45) is 5.82. The highest BCUT2D eigenvalue weighted by atomic mass is 16.4. The fourth-order valence-electron chi connectivity index (χ4n) is 2.33. The Morgan fingerprint density at radius 2 is 2.00 bits per heavy atom. The molecule has 0 saturated heterocycles. The minimum Gasteiger partial charge on any atom is -0.480 e. The highest BCUT2D eigenvalue weighted by Gasteiger charge is 2.24. The van der Waals surface area contributed by atoms with Gasteiger partial charge in [-0.15, -0.1) is 0 Å². The second kappa shape index (κ2) is 6.83. The van der Waals surface area contributed by atoms with Gasteiger partial charge in [-0.2, -0.15) is 0 Å². The van der Waals surface area contributed by atoms with Crippen LogP contribution in [0.2, 0.25) is 0 Å². The summed E-state index contributed by atoms with van der Waals surface area (Å²) >= 11 is 0. The van der Waals surface area contributed by atoms with Crippen LogP contribution in [0.1, 0.15) is 32.1 Å². The Kier molecular flexibility index (Phi) is 5.73. The summed E-state index contributed by atoms with van der Waals surface area (Å²) in [6, 6.07) is -0.459. The third-order valence-corrected chi connectivity index (χ3v) is 3.23. The van der Waals surface area contributed by atoms with Gasteiger partial charge in [0.25, 0.3) is 0 Å². The van der Waals surface area contributed by atoms with Gasteiger partial charge in [-0.3, -0.25) is 9.69 Å². The third-order valence-electron chi connectivity index (χ3n) is 3.23. The maximum atomic E-state index is 10.7. The van der Waals surface area contributed by atoms with Gasteiger partial charge in [0.1, 0.15) is 6.04 Å². The molecule has 16 heavy (non-hydrogen) atoms. The van der Waals surface area contributed by atoms with Crippen molar-refractivity contribution in [3.63, 3.8) is 0 Å². The molecule has 0 aliphatic heterocycles. The normalized spacial score (nSPS) is 19.9.